The Morgan fingerprint density at radius 2 is 1.71 bits per heavy atom. The smallest absolute Gasteiger partial charge is 0.230 e. The minimum Gasteiger partial charge on any atom is -0.343 e. The van der Waals surface area contributed by atoms with Crippen molar-refractivity contribution in [1.29, 1.82) is 0 Å². The molecule has 1 aromatic rings. The highest BCUT2D eigenvalue weighted by molar-refractivity contribution is 5.96. The summed E-state index contributed by atoms with van der Waals surface area (Å²) in [5.41, 5.74) is 2.30. The minimum absolute atomic E-state index is 0.0320. The van der Waals surface area contributed by atoms with E-state index in [0.717, 1.165) is 31.5 Å². The largest absolute Gasteiger partial charge is 0.343 e. The fraction of sp³-hybridized carbons (Fsp3) is 0.579. The maximum Gasteiger partial charge on any atom is 0.230 e. The van der Waals surface area contributed by atoms with Gasteiger partial charge in [0, 0.05) is 44.2 Å². The number of benzene rings is 1. The molecule has 1 fully saturated rings. The lowest BCUT2D eigenvalue weighted by molar-refractivity contribution is -0.133. The molecule has 0 radical (unpaired) electrons. The third-order valence-corrected chi connectivity index (χ3v) is 5.39. The number of fused-ring (bicyclic) bond motifs is 1. The van der Waals surface area contributed by atoms with Crippen LogP contribution in [-0.2, 0) is 9.59 Å². The lowest BCUT2D eigenvalue weighted by atomic mass is 9.91. The lowest BCUT2D eigenvalue weighted by Gasteiger charge is -2.40. The Kier molecular flexibility index (Phi) is 4.90. The molecular formula is C19H27N3O2. The first-order valence-corrected chi connectivity index (χ1v) is 8.81. The van der Waals surface area contributed by atoms with E-state index in [-0.39, 0.29) is 17.7 Å². The Morgan fingerprint density at radius 3 is 2.33 bits per heavy atom. The zero-order valence-electron chi connectivity index (χ0n) is 14.9. The summed E-state index contributed by atoms with van der Waals surface area (Å²) < 4.78 is 0. The van der Waals surface area contributed by atoms with Gasteiger partial charge in [0.15, 0.2) is 0 Å². The summed E-state index contributed by atoms with van der Waals surface area (Å²) >= 11 is 0. The second-order valence-electron chi connectivity index (χ2n) is 7.10. The number of anilines is 1. The van der Waals surface area contributed by atoms with E-state index in [1.807, 2.05) is 15.9 Å². The Bertz CT molecular complexity index is 621. The molecule has 1 aromatic carbocycles. The molecule has 2 aliphatic heterocycles. The highest BCUT2D eigenvalue weighted by Gasteiger charge is 2.34. The van der Waals surface area contributed by atoms with Crippen molar-refractivity contribution in [3.05, 3.63) is 29.8 Å². The number of piperidine rings is 1. The molecule has 1 unspecified atom stereocenters. The van der Waals surface area contributed by atoms with Gasteiger partial charge < -0.3 is 14.7 Å². The summed E-state index contributed by atoms with van der Waals surface area (Å²) in [6, 6.07) is 8.63. The number of nitrogens with zero attached hydrogens (tertiary/aromatic N) is 3. The monoisotopic (exact) mass is 329 g/mol. The van der Waals surface area contributed by atoms with E-state index in [9.17, 15) is 9.59 Å². The van der Waals surface area contributed by atoms with Gasteiger partial charge in [-0.15, -0.1) is 0 Å². The average Bonchev–Trinajstić information content (AvgIpc) is 2.60. The number of hydrogen-bond donors (Lipinski definition) is 0. The summed E-state index contributed by atoms with van der Waals surface area (Å²) in [5.74, 6) is 0.366. The molecule has 2 aliphatic rings. The van der Waals surface area contributed by atoms with Crippen LogP contribution >= 0.6 is 0 Å². The molecule has 0 bridgehead atoms. The quantitative estimate of drug-likeness (QED) is 0.836. The molecule has 0 N–H and O–H groups in total. The van der Waals surface area contributed by atoms with E-state index < -0.39 is 0 Å². The van der Waals surface area contributed by atoms with E-state index in [4.69, 9.17) is 0 Å². The van der Waals surface area contributed by atoms with E-state index in [1.165, 1.54) is 5.56 Å². The van der Waals surface area contributed by atoms with Crippen molar-refractivity contribution in [1.82, 2.24) is 9.80 Å². The third kappa shape index (κ3) is 3.18. The van der Waals surface area contributed by atoms with Crippen LogP contribution in [0.25, 0.3) is 0 Å². The van der Waals surface area contributed by atoms with Crippen molar-refractivity contribution in [2.45, 2.75) is 32.2 Å². The van der Waals surface area contributed by atoms with Crippen molar-refractivity contribution < 1.29 is 9.59 Å². The fourth-order valence-corrected chi connectivity index (χ4v) is 3.97. The van der Waals surface area contributed by atoms with Crippen molar-refractivity contribution in [2.24, 2.45) is 5.92 Å². The van der Waals surface area contributed by atoms with Crippen molar-refractivity contribution in [2.75, 3.05) is 38.6 Å². The molecular weight excluding hydrogens is 302 g/mol. The fourth-order valence-electron chi connectivity index (χ4n) is 3.97. The maximum atomic E-state index is 13.1. The van der Waals surface area contributed by atoms with E-state index in [2.05, 4.69) is 37.2 Å². The Morgan fingerprint density at radius 1 is 1.04 bits per heavy atom. The molecule has 2 heterocycles. The van der Waals surface area contributed by atoms with Crippen LogP contribution in [0, 0.1) is 5.92 Å². The highest BCUT2D eigenvalue weighted by atomic mass is 16.2. The van der Waals surface area contributed by atoms with Gasteiger partial charge in [0.1, 0.15) is 0 Å². The minimum atomic E-state index is 0.0320. The van der Waals surface area contributed by atoms with Crippen LogP contribution in [0.15, 0.2) is 24.3 Å². The summed E-state index contributed by atoms with van der Waals surface area (Å²) in [7, 11) is 4.19. The van der Waals surface area contributed by atoms with Crippen LogP contribution < -0.4 is 4.90 Å². The SMILES string of the molecule is CC(=O)N1CCC(C(=O)N2CCC(N(C)C)c3ccccc32)CC1. The second-order valence-corrected chi connectivity index (χ2v) is 7.10. The van der Waals surface area contributed by atoms with Crippen LogP contribution in [-0.4, -0.2) is 55.3 Å². The first-order valence-electron chi connectivity index (χ1n) is 8.81. The lowest BCUT2D eigenvalue weighted by Crippen LogP contribution is -2.46. The molecule has 1 saturated heterocycles. The predicted molar refractivity (Wildman–Crippen MR) is 94.8 cm³/mol. The molecule has 0 aromatic heterocycles. The van der Waals surface area contributed by atoms with Crippen molar-refractivity contribution in [3.8, 4) is 0 Å². The molecule has 5 heteroatoms. The van der Waals surface area contributed by atoms with E-state index >= 15 is 0 Å². The van der Waals surface area contributed by atoms with Crippen LogP contribution in [0.3, 0.4) is 0 Å². The third-order valence-electron chi connectivity index (χ3n) is 5.39. The van der Waals surface area contributed by atoms with E-state index in [0.29, 0.717) is 19.1 Å². The molecule has 2 amide bonds. The summed E-state index contributed by atoms with van der Waals surface area (Å²) in [6.07, 6.45) is 2.50. The number of hydrogen-bond acceptors (Lipinski definition) is 3. The van der Waals surface area contributed by atoms with Gasteiger partial charge in [0.2, 0.25) is 11.8 Å². The first kappa shape index (κ1) is 17.0. The number of rotatable bonds is 2. The van der Waals surface area contributed by atoms with Crippen LogP contribution in [0.1, 0.15) is 37.8 Å². The number of likely N-dealkylation sites (tertiary alicyclic amines) is 1. The average molecular weight is 329 g/mol. The molecule has 0 aliphatic carbocycles. The normalized spacial score (nSPS) is 21.8. The van der Waals surface area contributed by atoms with Crippen LogP contribution in [0.4, 0.5) is 5.69 Å². The molecule has 3 rings (SSSR count). The van der Waals surface area contributed by atoms with Gasteiger partial charge in [-0.1, -0.05) is 18.2 Å². The number of para-hydroxylation sites is 1. The predicted octanol–water partition coefficient (Wildman–Crippen LogP) is 2.28. The van der Waals surface area contributed by atoms with E-state index in [1.54, 1.807) is 6.92 Å². The Balaban J connectivity index is 1.76. The first-order chi connectivity index (χ1) is 11.5. The van der Waals surface area contributed by atoms with Gasteiger partial charge in [0.05, 0.1) is 0 Å². The molecule has 0 spiro atoms. The zero-order valence-corrected chi connectivity index (χ0v) is 14.9. The van der Waals surface area contributed by atoms with Crippen molar-refractivity contribution >= 4 is 17.5 Å². The molecule has 0 saturated carbocycles. The Labute approximate surface area is 144 Å². The maximum absolute atomic E-state index is 13.1. The topological polar surface area (TPSA) is 43.9 Å². The highest BCUT2D eigenvalue weighted by Crippen LogP contribution is 2.37. The molecule has 5 nitrogen and oxygen atoms in total. The summed E-state index contributed by atoms with van der Waals surface area (Å²) in [5, 5.41) is 0. The van der Waals surface area contributed by atoms with Gasteiger partial charge in [-0.05, 0) is 45.0 Å². The van der Waals surface area contributed by atoms with Crippen LogP contribution in [0.5, 0.6) is 0 Å². The van der Waals surface area contributed by atoms with Gasteiger partial charge in [-0.2, -0.15) is 0 Å². The van der Waals surface area contributed by atoms with Gasteiger partial charge >= 0.3 is 0 Å². The van der Waals surface area contributed by atoms with Gasteiger partial charge in [-0.3, -0.25) is 9.59 Å². The molecule has 130 valence electrons. The number of carbonyl (C=O) groups is 2. The summed E-state index contributed by atoms with van der Waals surface area (Å²) in [4.78, 5) is 30.6. The van der Waals surface area contributed by atoms with Gasteiger partial charge in [0.25, 0.3) is 0 Å². The standard InChI is InChI=1S/C19H27N3O2/c1-14(23)21-11-8-15(9-12-21)19(24)22-13-10-17(20(2)3)16-6-4-5-7-18(16)22/h4-7,15,17H,8-13H2,1-3H3. The number of amides is 2. The molecule has 24 heavy (non-hydrogen) atoms. The van der Waals surface area contributed by atoms with Gasteiger partial charge in [-0.25, -0.2) is 0 Å². The van der Waals surface area contributed by atoms with Crippen LogP contribution in [0.2, 0.25) is 0 Å². The second kappa shape index (κ2) is 6.93. The number of carbonyl (C=O) groups excluding carboxylic acids is 2. The van der Waals surface area contributed by atoms with Crippen molar-refractivity contribution in [3.63, 3.8) is 0 Å². The molecule has 1 atom stereocenters. The zero-order chi connectivity index (χ0) is 17.3. The Hall–Kier alpha value is -1.88. The summed E-state index contributed by atoms with van der Waals surface area (Å²) in [6.45, 7) is 3.76.